The molecule has 0 heterocycles. The third-order valence-corrected chi connectivity index (χ3v) is 2.98. The van der Waals surface area contributed by atoms with E-state index in [0.29, 0.717) is 22.7 Å². The second kappa shape index (κ2) is 7.26. The fraction of sp³-hybridized carbons (Fsp3) is 0.176. The van der Waals surface area contributed by atoms with E-state index in [1.807, 2.05) is 6.07 Å². The Morgan fingerprint density at radius 3 is 2.45 bits per heavy atom. The minimum absolute atomic E-state index is 0.0543. The van der Waals surface area contributed by atoms with Gasteiger partial charge < -0.3 is 14.8 Å². The number of hydrogen-bond donors (Lipinski definition) is 1. The summed E-state index contributed by atoms with van der Waals surface area (Å²) in [5.41, 5.74) is 1.10. The van der Waals surface area contributed by atoms with Gasteiger partial charge in [0.2, 0.25) is 0 Å². The first-order chi connectivity index (χ1) is 10.6. The van der Waals surface area contributed by atoms with Gasteiger partial charge in [0.1, 0.15) is 0 Å². The van der Waals surface area contributed by atoms with Crippen LogP contribution in [0.5, 0.6) is 11.5 Å². The van der Waals surface area contributed by atoms with Crippen molar-refractivity contribution < 1.29 is 19.1 Å². The summed E-state index contributed by atoms with van der Waals surface area (Å²) in [5, 5.41) is 2.69. The van der Waals surface area contributed by atoms with Gasteiger partial charge in [-0.3, -0.25) is 9.59 Å². The Hall–Kier alpha value is -2.82. The van der Waals surface area contributed by atoms with Gasteiger partial charge in [0.15, 0.2) is 23.9 Å². The average molecular weight is 299 g/mol. The molecule has 0 radical (unpaired) electrons. The molecule has 5 heteroatoms. The summed E-state index contributed by atoms with van der Waals surface area (Å²) >= 11 is 0. The maximum Gasteiger partial charge on any atom is 0.262 e. The molecule has 0 atom stereocenters. The highest BCUT2D eigenvalue weighted by atomic mass is 16.5. The van der Waals surface area contributed by atoms with Crippen molar-refractivity contribution in [1.82, 2.24) is 0 Å². The van der Waals surface area contributed by atoms with Crippen LogP contribution in [-0.4, -0.2) is 25.4 Å². The van der Waals surface area contributed by atoms with Crippen molar-refractivity contribution in [1.29, 1.82) is 0 Å². The molecule has 0 aliphatic rings. The first-order valence-electron chi connectivity index (χ1n) is 6.77. The molecule has 2 aromatic carbocycles. The number of ketones is 1. The van der Waals surface area contributed by atoms with Crippen molar-refractivity contribution >= 4 is 17.4 Å². The Labute approximate surface area is 128 Å². The van der Waals surface area contributed by atoms with Crippen LogP contribution in [0.25, 0.3) is 0 Å². The first kappa shape index (κ1) is 15.6. The Balaban J connectivity index is 1.96. The number of Topliss-reactive ketones (excluding diaryl/α,β-unsaturated/α-hetero) is 1. The van der Waals surface area contributed by atoms with Crippen LogP contribution in [0.2, 0.25) is 0 Å². The first-order valence-corrected chi connectivity index (χ1v) is 6.77. The molecule has 0 aliphatic carbocycles. The van der Waals surface area contributed by atoms with Gasteiger partial charge in [-0.15, -0.1) is 0 Å². The summed E-state index contributed by atoms with van der Waals surface area (Å²) in [6.45, 7) is 1.33. The summed E-state index contributed by atoms with van der Waals surface area (Å²) < 4.78 is 10.6. The second-order valence-electron chi connectivity index (χ2n) is 4.62. The number of carbonyl (C=O) groups excluding carboxylic acids is 2. The van der Waals surface area contributed by atoms with Crippen molar-refractivity contribution in [2.75, 3.05) is 19.0 Å². The molecule has 5 nitrogen and oxygen atoms in total. The summed E-state index contributed by atoms with van der Waals surface area (Å²) in [6.07, 6.45) is 0. The normalized spacial score (nSPS) is 9.91. The highest BCUT2D eigenvalue weighted by Crippen LogP contribution is 2.25. The summed E-state index contributed by atoms with van der Waals surface area (Å²) in [7, 11) is 1.54. The van der Waals surface area contributed by atoms with Crippen LogP contribution in [-0.2, 0) is 4.79 Å². The Kier molecular flexibility index (Phi) is 5.14. The summed E-state index contributed by atoms with van der Waals surface area (Å²) in [5.74, 6) is 0.694. The van der Waals surface area contributed by atoms with E-state index in [0.717, 1.165) is 0 Å². The number of benzene rings is 2. The lowest BCUT2D eigenvalue weighted by atomic mass is 10.1. The van der Waals surface area contributed by atoms with Gasteiger partial charge in [0.25, 0.3) is 5.91 Å². The Bertz CT molecular complexity index is 682. The van der Waals surface area contributed by atoms with E-state index >= 15 is 0 Å². The number of anilines is 1. The van der Waals surface area contributed by atoms with E-state index in [9.17, 15) is 9.59 Å². The molecule has 0 spiro atoms. The van der Waals surface area contributed by atoms with Crippen molar-refractivity contribution in [2.24, 2.45) is 0 Å². The lowest BCUT2D eigenvalue weighted by Crippen LogP contribution is -2.20. The predicted octanol–water partition coefficient (Wildman–Crippen LogP) is 2.92. The molecule has 2 aromatic rings. The van der Waals surface area contributed by atoms with E-state index in [1.54, 1.807) is 42.5 Å². The third-order valence-electron chi connectivity index (χ3n) is 2.98. The average Bonchev–Trinajstić information content (AvgIpc) is 2.53. The van der Waals surface area contributed by atoms with Gasteiger partial charge in [-0.25, -0.2) is 0 Å². The van der Waals surface area contributed by atoms with E-state index in [4.69, 9.17) is 9.47 Å². The SMILES string of the molecule is COc1ccccc1OCC(=O)Nc1cccc(C(C)=O)c1. The molecule has 0 aliphatic heterocycles. The van der Waals surface area contributed by atoms with Crippen LogP contribution in [0.1, 0.15) is 17.3 Å². The number of nitrogens with one attached hydrogen (secondary N) is 1. The number of methoxy groups -OCH3 is 1. The zero-order valence-electron chi connectivity index (χ0n) is 12.5. The molecule has 0 saturated carbocycles. The number of amides is 1. The fourth-order valence-electron chi connectivity index (χ4n) is 1.89. The standard InChI is InChI=1S/C17H17NO4/c1-12(19)13-6-5-7-14(10-13)18-17(20)11-22-16-9-4-3-8-15(16)21-2/h3-10H,11H2,1-2H3,(H,18,20). The van der Waals surface area contributed by atoms with E-state index in [2.05, 4.69) is 5.32 Å². The zero-order chi connectivity index (χ0) is 15.9. The van der Waals surface area contributed by atoms with Gasteiger partial charge in [0, 0.05) is 11.3 Å². The van der Waals surface area contributed by atoms with Crippen LogP contribution in [0.4, 0.5) is 5.69 Å². The summed E-state index contributed by atoms with van der Waals surface area (Å²) in [6, 6.07) is 13.9. The third kappa shape index (κ3) is 4.09. The number of hydrogen-bond acceptors (Lipinski definition) is 4. The van der Waals surface area contributed by atoms with Crippen LogP contribution >= 0.6 is 0 Å². The van der Waals surface area contributed by atoms with E-state index < -0.39 is 0 Å². The molecule has 2 rings (SSSR count). The maximum atomic E-state index is 11.9. The minimum atomic E-state index is -0.313. The minimum Gasteiger partial charge on any atom is -0.493 e. The quantitative estimate of drug-likeness (QED) is 0.833. The molecule has 0 bridgehead atoms. The van der Waals surface area contributed by atoms with Crippen molar-refractivity contribution in [3.8, 4) is 11.5 Å². The molecule has 0 unspecified atom stereocenters. The zero-order valence-corrected chi connectivity index (χ0v) is 12.5. The van der Waals surface area contributed by atoms with Crippen molar-refractivity contribution in [3.63, 3.8) is 0 Å². The number of carbonyl (C=O) groups is 2. The maximum absolute atomic E-state index is 11.9. The van der Waals surface area contributed by atoms with Gasteiger partial charge in [0.05, 0.1) is 7.11 Å². The van der Waals surface area contributed by atoms with E-state index in [-0.39, 0.29) is 18.3 Å². The molecular weight excluding hydrogens is 282 g/mol. The topological polar surface area (TPSA) is 64.6 Å². The Morgan fingerprint density at radius 2 is 1.77 bits per heavy atom. The molecular formula is C17H17NO4. The molecule has 0 saturated heterocycles. The molecule has 1 amide bonds. The molecule has 0 fully saturated rings. The van der Waals surface area contributed by atoms with Gasteiger partial charge >= 0.3 is 0 Å². The molecule has 1 N–H and O–H groups in total. The van der Waals surface area contributed by atoms with Gasteiger partial charge in [-0.05, 0) is 31.2 Å². The molecule has 0 aromatic heterocycles. The number of ether oxygens (including phenoxy) is 2. The lowest BCUT2D eigenvalue weighted by Gasteiger charge is -2.10. The van der Waals surface area contributed by atoms with E-state index in [1.165, 1.54) is 14.0 Å². The van der Waals surface area contributed by atoms with Gasteiger partial charge in [-0.1, -0.05) is 24.3 Å². The molecule has 22 heavy (non-hydrogen) atoms. The fourth-order valence-corrected chi connectivity index (χ4v) is 1.89. The highest BCUT2D eigenvalue weighted by Gasteiger charge is 2.08. The monoisotopic (exact) mass is 299 g/mol. The lowest BCUT2D eigenvalue weighted by molar-refractivity contribution is -0.118. The predicted molar refractivity (Wildman–Crippen MR) is 83.6 cm³/mol. The van der Waals surface area contributed by atoms with Crippen molar-refractivity contribution in [2.45, 2.75) is 6.92 Å². The van der Waals surface area contributed by atoms with Crippen LogP contribution in [0, 0.1) is 0 Å². The number of rotatable bonds is 6. The second-order valence-corrected chi connectivity index (χ2v) is 4.62. The summed E-state index contributed by atoms with van der Waals surface area (Å²) in [4.78, 5) is 23.2. The van der Waals surface area contributed by atoms with Gasteiger partial charge in [-0.2, -0.15) is 0 Å². The highest BCUT2D eigenvalue weighted by molar-refractivity contribution is 5.97. The van der Waals surface area contributed by atoms with Crippen molar-refractivity contribution in [3.05, 3.63) is 54.1 Å². The van der Waals surface area contributed by atoms with Crippen LogP contribution in [0.15, 0.2) is 48.5 Å². The van der Waals surface area contributed by atoms with Crippen LogP contribution in [0.3, 0.4) is 0 Å². The largest absolute Gasteiger partial charge is 0.493 e. The smallest absolute Gasteiger partial charge is 0.262 e. The van der Waals surface area contributed by atoms with Crippen LogP contribution < -0.4 is 14.8 Å². The molecule has 114 valence electrons. The Morgan fingerprint density at radius 1 is 1.05 bits per heavy atom. The number of para-hydroxylation sites is 2.